The predicted octanol–water partition coefficient (Wildman–Crippen LogP) is 3.15. The van der Waals surface area contributed by atoms with Crippen molar-refractivity contribution in [3.8, 4) is 28.6 Å². The number of aromatic nitrogens is 3. The van der Waals surface area contributed by atoms with Crippen LogP contribution < -0.4 is 15.4 Å². The minimum Gasteiger partial charge on any atom is -0.490 e. The first-order chi connectivity index (χ1) is 17.7. The van der Waals surface area contributed by atoms with Crippen molar-refractivity contribution in [1.82, 2.24) is 20.4 Å². The summed E-state index contributed by atoms with van der Waals surface area (Å²) in [5.74, 6) is 2.38. The zero-order valence-electron chi connectivity index (χ0n) is 22.2. The first-order valence-electron chi connectivity index (χ1n) is 12.6. The van der Waals surface area contributed by atoms with Gasteiger partial charge < -0.3 is 30.1 Å². The fourth-order valence-corrected chi connectivity index (χ4v) is 3.79. The summed E-state index contributed by atoms with van der Waals surface area (Å²) in [4.78, 5) is 20.4. The van der Waals surface area contributed by atoms with E-state index >= 15 is 0 Å². The predicted molar refractivity (Wildman–Crippen MR) is 141 cm³/mol. The van der Waals surface area contributed by atoms with Crippen LogP contribution in [0, 0.1) is 12.8 Å². The lowest BCUT2D eigenvalue weighted by atomic mass is 10.0. The second-order valence-corrected chi connectivity index (χ2v) is 9.35. The van der Waals surface area contributed by atoms with Gasteiger partial charge in [0, 0.05) is 24.8 Å². The number of rotatable bonds is 13. The van der Waals surface area contributed by atoms with Crippen LogP contribution in [-0.2, 0) is 17.6 Å². The van der Waals surface area contributed by atoms with E-state index in [9.17, 15) is 9.90 Å². The van der Waals surface area contributed by atoms with Crippen molar-refractivity contribution in [2.24, 2.45) is 5.92 Å². The molecule has 200 valence electrons. The summed E-state index contributed by atoms with van der Waals surface area (Å²) in [6.45, 7) is 10.5. The van der Waals surface area contributed by atoms with Crippen molar-refractivity contribution < 1.29 is 24.3 Å². The molecule has 0 bridgehead atoms. The Balaban J connectivity index is 1.77. The number of pyridine rings is 1. The molecule has 0 aliphatic rings. The minimum atomic E-state index is -0.910. The number of nitrogens with zero attached hydrogens (tertiary/aromatic N) is 3. The minimum absolute atomic E-state index is 0.0000362. The topological polar surface area (TPSA) is 143 Å². The normalized spacial score (nSPS) is 12.0. The highest BCUT2D eigenvalue weighted by atomic mass is 16.5. The Morgan fingerprint density at radius 1 is 1.11 bits per heavy atom. The van der Waals surface area contributed by atoms with Crippen LogP contribution in [0.1, 0.15) is 44.4 Å². The van der Waals surface area contributed by atoms with Crippen LogP contribution in [0.2, 0.25) is 0 Å². The van der Waals surface area contributed by atoms with E-state index in [4.69, 9.17) is 14.4 Å². The SMILES string of the molecule is CCc1cc(-c2nc(-c3cc(C)c(OC[C@H](O)CNC(=O)CO)c(CC)c3)no2)cnc1NCC(C)C. The molecule has 0 radical (unpaired) electrons. The van der Waals surface area contributed by atoms with Crippen LogP contribution in [0.25, 0.3) is 22.8 Å². The molecule has 37 heavy (non-hydrogen) atoms. The molecule has 0 unspecified atom stereocenters. The van der Waals surface area contributed by atoms with Crippen molar-refractivity contribution in [2.45, 2.75) is 53.6 Å². The molecule has 1 atom stereocenters. The van der Waals surface area contributed by atoms with Gasteiger partial charge in [-0.2, -0.15) is 4.98 Å². The van der Waals surface area contributed by atoms with E-state index in [1.54, 1.807) is 6.20 Å². The molecule has 3 aromatic rings. The third-order valence-corrected chi connectivity index (χ3v) is 5.79. The maximum absolute atomic E-state index is 11.2. The van der Waals surface area contributed by atoms with Crippen LogP contribution in [0.5, 0.6) is 5.75 Å². The van der Waals surface area contributed by atoms with Gasteiger partial charge >= 0.3 is 0 Å². The van der Waals surface area contributed by atoms with E-state index in [0.29, 0.717) is 29.8 Å². The molecule has 0 aliphatic carbocycles. The Hall–Kier alpha value is -3.50. The summed E-state index contributed by atoms with van der Waals surface area (Å²) < 4.78 is 11.5. The number of ether oxygens (including phenoxy) is 1. The highest BCUT2D eigenvalue weighted by molar-refractivity contribution is 5.76. The Morgan fingerprint density at radius 3 is 2.51 bits per heavy atom. The van der Waals surface area contributed by atoms with Crippen LogP contribution >= 0.6 is 0 Å². The Labute approximate surface area is 217 Å². The summed E-state index contributed by atoms with van der Waals surface area (Å²) in [5, 5.41) is 28.9. The highest BCUT2D eigenvalue weighted by Gasteiger charge is 2.17. The average Bonchev–Trinajstić information content (AvgIpc) is 3.39. The zero-order chi connectivity index (χ0) is 26.9. The number of carbonyl (C=O) groups excluding carboxylic acids is 1. The lowest BCUT2D eigenvalue weighted by Gasteiger charge is -2.17. The number of aryl methyl sites for hydroxylation is 3. The Bertz CT molecular complexity index is 1190. The molecule has 2 aromatic heterocycles. The number of amides is 1. The Morgan fingerprint density at radius 2 is 1.84 bits per heavy atom. The van der Waals surface area contributed by atoms with Crippen LogP contribution in [0.15, 0.2) is 28.9 Å². The average molecular weight is 512 g/mol. The van der Waals surface area contributed by atoms with Crippen LogP contribution in [0.3, 0.4) is 0 Å². The van der Waals surface area contributed by atoms with Crippen molar-refractivity contribution in [3.05, 3.63) is 41.1 Å². The second kappa shape index (κ2) is 13.2. The van der Waals surface area contributed by atoms with Gasteiger partial charge in [0.1, 0.15) is 30.9 Å². The lowest BCUT2D eigenvalue weighted by Crippen LogP contribution is -2.36. The molecule has 3 rings (SSSR count). The Kier molecular flexibility index (Phi) is 9.99. The van der Waals surface area contributed by atoms with Gasteiger partial charge in [-0.05, 0) is 60.6 Å². The third-order valence-electron chi connectivity index (χ3n) is 5.79. The molecule has 10 nitrogen and oxygen atoms in total. The third kappa shape index (κ3) is 7.50. The zero-order valence-corrected chi connectivity index (χ0v) is 22.2. The van der Waals surface area contributed by atoms with Gasteiger partial charge in [0.05, 0.1) is 5.56 Å². The summed E-state index contributed by atoms with van der Waals surface area (Å²) in [5.41, 5.74) is 4.44. The highest BCUT2D eigenvalue weighted by Crippen LogP contribution is 2.31. The molecule has 0 fully saturated rings. The van der Waals surface area contributed by atoms with E-state index in [0.717, 1.165) is 46.6 Å². The fourth-order valence-electron chi connectivity index (χ4n) is 3.79. The van der Waals surface area contributed by atoms with Gasteiger partial charge in [0.2, 0.25) is 11.7 Å². The summed E-state index contributed by atoms with van der Waals surface area (Å²) in [6.07, 6.45) is 2.35. The van der Waals surface area contributed by atoms with Gasteiger partial charge in [-0.1, -0.05) is 32.9 Å². The summed E-state index contributed by atoms with van der Waals surface area (Å²) >= 11 is 0. The monoisotopic (exact) mass is 511 g/mol. The number of anilines is 1. The molecule has 0 spiro atoms. The van der Waals surface area contributed by atoms with Gasteiger partial charge in [0.15, 0.2) is 0 Å². The maximum Gasteiger partial charge on any atom is 0.259 e. The number of aliphatic hydroxyl groups is 2. The van der Waals surface area contributed by atoms with E-state index in [1.807, 2.05) is 32.0 Å². The van der Waals surface area contributed by atoms with Crippen LogP contribution in [-0.4, -0.2) is 63.7 Å². The van der Waals surface area contributed by atoms with Crippen molar-refractivity contribution >= 4 is 11.7 Å². The first kappa shape index (κ1) is 28.1. The molecule has 0 saturated heterocycles. The van der Waals surface area contributed by atoms with Crippen molar-refractivity contribution in [2.75, 3.05) is 31.6 Å². The van der Waals surface area contributed by atoms with Gasteiger partial charge in [0.25, 0.3) is 5.89 Å². The molecule has 1 aromatic carbocycles. The van der Waals surface area contributed by atoms with E-state index in [2.05, 4.69) is 46.5 Å². The summed E-state index contributed by atoms with van der Waals surface area (Å²) in [6, 6.07) is 5.89. The van der Waals surface area contributed by atoms with Gasteiger partial charge in [-0.25, -0.2) is 4.98 Å². The summed E-state index contributed by atoms with van der Waals surface area (Å²) in [7, 11) is 0. The maximum atomic E-state index is 11.2. The standard InChI is InChI=1S/C27H37N5O5/c1-6-18-9-20(8-17(5)24(18)36-15-22(34)13-28-23(35)14-33)26-31-27(37-32-26)21-10-19(7-2)25(30-12-21)29-11-16(3)4/h8-10,12,16,22,33-34H,6-7,11,13-15H2,1-5H3,(H,28,35)(H,29,30)/t22-/m1/s1. The fraction of sp³-hybridized carbons (Fsp3) is 0.481. The molecule has 4 N–H and O–H groups in total. The molecular weight excluding hydrogens is 474 g/mol. The number of benzene rings is 1. The van der Waals surface area contributed by atoms with Gasteiger partial charge in [-0.15, -0.1) is 0 Å². The lowest BCUT2D eigenvalue weighted by molar-refractivity contribution is -0.124. The number of nitrogens with one attached hydrogen (secondary N) is 2. The van der Waals surface area contributed by atoms with Gasteiger partial charge in [-0.3, -0.25) is 4.79 Å². The van der Waals surface area contributed by atoms with Crippen molar-refractivity contribution in [3.63, 3.8) is 0 Å². The number of hydrogen-bond acceptors (Lipinski definition) is 9. The van der Waals surface area contributed by atoms with E-state index in [1.165, 1.54) is 0 Å². The molecule has 2 heterocycles. The van der Waals surface area contributed by atoms with E-state index < -0.39 is 18.6 Å². The van der Waals surface area contributed by atoms with E-state index in [-0.39, 0.29) is 13.2 Å². The molecular formula is C27H37N5O5. The second-order valence-electron chi connectivity index (χ2n) is 9.35. The molecule has 1 amide bonds. The molecule has 0 saturated carbocycles. The number of hydrogen-bond donors (Lipinski definition) is 4. The molecule has 10 heteroatoms. The van der Waals surface area contributed by atoms with Crippen LogP contribution in [0.4, 0.5) is 5.82 Å². The largest absolute Gasteiger partial charge is 0.490 e. The number of aliphatic hydroxyl groups excluding tert-OH is 2. The molecule has 0 aliphatic heterocycles. The quantitative estimate of drug-likeness (QED) is 0.272. The smallest absolute Gasteiger partial charge is 0.259 e. The first-order valence-corrected chi connectivity index (χ1v) is 12.6. The van der Waals surface area contributed by atoms with Crippen molar-refractivity contribution in [1.29, 1.82) is 0 Å². The number of carbonyl (C=O) groups is 1.